The van der Waals surface area contributed by atoms with Crippen LogP contribution < -0.4 is 11.0 Å². The molecule has 0 radical (unpaired) electrons. The van der Waals surface area contributed by atoms with Crippen molar-refractivity contribution in [2.75, 3.05) is 19.8 Å². The lowest BCUT2D eigenvalue weighted by atomic mass is 10.3. The zero-order valence-corrected chi connectivity index (χ0v) is 17.2. The van der Waals surface area contributed by atoms with Crippen molar-refractivity contribution in [2.24, 2.45) is 0 Å². The second kappa shape index (κ2) is 8.42. The van der Waals surface area contributed by atoms with Crippen molar-refractivity contribution < 1.29 is 18.3 Å². The third-order valence-corrected chi connectivity index (χ3v) is 6.60. The summed E-state index contributed by atoms with van der Waals surface area (Å²) in [6.07, 6.45) is 1.55. The van der Waals surface area contributed by atoms with Gasteiger partial charge in [-0.05, 0) is 30.3 Å². The summed E-state index contributed by atoms with van der Waals surface area (Å²) in [7, 11) is -4.05. The van der Waals surface area contributed by atoms with Crippen LogP contribution in [0.4, 0.5) is 0 Å². The lowest BCUT2D eigenvalue weighted by molar-refractivity contribution is 0.0867. The SMILES string of the molecule is N=c1c(S(=O)(=O)c2ccccc2)cc2c(=O)n3ccccc3nc2n1CCOCCO. The number of hydrogen-bond donors (Lipinski definition) is 2. The fourth-order valence-electron chi connectivity index (χ4n) is 3.33. The molecular weight excluding hydrogens is 420 g/mol. The maximum absolute atomic E-state index is 13.3. The number of nitrogens with zero attached hydrogens (tertiary/aromatic N) is 3. The third kappa shape index (κ3) is 3.76. The van der Waals surface area contributed by atoms with Crippen LogP contribution in [0.25, 0.3) is 16.7 Å². The summed E-state index contributed by atoms with van der Waals surface area (Å²) in [5.74, 6) is 0. The fraction of sp³-hybridized carbons (Fsp3) is 0.190. The number of ether oxygens (including phenoxy) is 1. The maximum atomic E-state index is 13.3. The van der Waals surface area contributed by atoms with Crippen LogP contribution in [0.15, 0.2) is 75.4 Å². The summed E-state index contributed by atoms with van der Waals surface area (Å²) < 4.78 is 34.5. The minimum atomic E-state index is -4.05. The number of rotatable bonds is 7. The second-order valence-electron chi connectivity index (χ2n) is 6.74. The summed E-state index contributed by atoms with van der Waals surface area (Å²) in [6.45, 7) is 0.137. The Balaban J connectivity index is 2.03. The number of nitrogens with one attached hydrogen (secondary N) is 1. The van der Waals surface area contributed by atoms with Gasteiger partial charge in [0.2, 0.25) is 9.84 Å². The monoisotopic (exact) mass is 440 g/mol. The summed E-state index contributed by atoms with van der Waals surface area (Å²) in [4.78, 5) is 17.4. The number of benzene rings is 1. The van der Waals surface area contributed by atoms with Crippen LogP contribution in [-0.4, -0.2) is 47.3 Å². The molecule has 0 saturated heterocycles. The van der Waals surface area contributed by atoms with E-state index in [4.69, 9.17) is 15.3 Å². The number of aliphatic hydroxyl groups excluding tert-OH is 1. The molecule has 0 aliphatic rings. The van der Waals surface area contributed by atoms with Gasteiger partial charge in [-0.1, -0.05) is 24.3 Å². The molecule has 0 fully saturated rings. The number of aromatic nitrogens is 3. The van der Waals surface area contributed by atoms with Crippen LogP contribution in [0.3, 0.4) is 0 Å². The van der Waals surface area contributed by atoms with Crippen molar-refractivity contribution >= 4 is 26.5 Å². The lowest BCUT2D eigenvalue weighted by Crippen LogP contribution is -2.31. The highest BCUT2D eigenvalue weighted by molar-refractivity contribution is 7.91. The Bertz CT molecular complexity index is 1480. The second-order valence-corrected chi connectivity index (χ2v) is 8.66. The van der Waals surface area contributed by atoms with Gasteiger partial charge >= 0.3 is 0 Å². The molecule has 31 heavy (non-hydrogen) atoms. The third-order valence-electron chi connectivity index (χ3n) is 4.82. The molecule has 0 spiro atoms. The van der Waals surface area contributed by atoms with Crippen LogP contribution in [0.1, 0.15) is 0 Å². The molecule has 3 aromatic heterocycles. The van der Waals surface area contributed by atoms with E-state index in [1.165, 1.54) is 27.2 Å². The predicted molar refractivity (Wildman–Crippen MR) is 113 cm³/mol. The fourth-order valence-corrected chi connectivity index (χ4v) is 4.74. The number of fused-ring (bicyclic) bond motifs is 2. The van der Waals surface area contributed by atoms with E-state index in [2.05, 4.69) is 4.98 Å². The van der Waals surface area contributed by atoms with Gasteiger partial charge in [-0.25, -0.2) is 13.4 Å². The van der Waals surface area contributed by atoms with E-state index in [1.54, 1.807) is 42.6 Å². The molecule has 0 aliphatic carbocycles. The van der Waals surface area contributed by atoms with Crippen molar-refractivity contribution in [1.82, 2.24) is 14.0 Å². The number of hydrogen-bond acceptors (Lipinski definition) is 7. The highest BCUT2D eigenvalue weighted by Crippen LogP contribution is 2.20. The maximum Gasteiger partial charge on any atom is 0.267 e. The van der Waals surface area contributed by atoms with Crippen molar-refractivity contribution in [3.05, 3.63) is 76.6 Å². The van der Waals surface area contributed by atoms with E-state index < -0.39 is 15.4 Å². The van der Waals surface area contributed by atoms with Crippen molar-refractivity contribution in [3.63, 3.8) is 0 Å². The van der Waals surface area contributed by atoms with Crippen LogP contribution in [-0.2, 0) is 21.1 Å². The highest BCUT2D eigenvalue weighted by atomic mass is 32.2. The zero-order chi connectivity index (χ0) is 22.0. The Kier molecular flexibility index (Phi) is 5.68. The van der Waals surface area contributed by atoms with Crippen LogP contribution in [0.2, 0.25) is 0 Å². The molecule has 2 N–H and O–H groups in total. The average molecular weight is 440 g/mol. The summed E-state index contributed by atoms with van der Waals surface area (Å²) in [5, 5.41) is 17.6. The quantitative estimate of drug-likeness (QED) is 0.326. The molecule has 0 bridgehead atoms. The topological polar surface area (TPSA) is 127 Å². The largest absolute Gasteiger partial charge is 0.394 e. The van der Waals surface area contributed by atoms with Gasteiger partial charge in [-0.3, -0.25) is 14.6 Å². The van der Waals surface area contributed by atoms with Gasteiger partial charge in [-0.15, -0.1) is 0 Å². The Labute approximate surface area is 177 Å². The highest BCUT2D eigenvalue weighted by Gasteiger charge is 2.23. The van der Waals surface area contributed by atoms with Gasteiger partial charge in [0, 0.05) is 12.7 Å². The smallest absolute Gasteiger partial charge is 0.267 e. The van der Waals surface area contributed by atoms with Crippen molar-refractivity contribution in [1.29, 1.82) is 5.41 Å². The Morgan fingerprint density at radius 2 is 1.81 bits per heavy atom. The van der Waals surface area contributed by atoms with E-state index in [0.29, 0.717) is 5.65 Å². The standard InChI is InChI=1S/C21H20N4O5S/c22-19-17(31(28,29)15-6-2-1-3-7-15)14-16-20(25(19)10-12-30-13-11-26)23-18-8-4-5-9-24(18)21(16)27/h1-9,14,22,26H,10-13H2. The predicted octanol–water partition coefficient (Wildman–Crippen LogP) is 0.970. The van der Waals surface area contributed by atoms with E-state index in [0.717, 1.165) is 0 Å². The molecular formula is C21H20N4O5S. The number of sulfone groups is 1. The molecule has 10 heteroatoms. The lowest BCUT2D eigenvalue weighted by Gasteiger charge is -2.15. The number of pyridine rings is 2. The molecule has 4 rings (SSSR count). The first-order valence-electron chi connectivity index (χ1n) is 9.53. The van der Waals surface area contributed by atoms with Gasteiger partial charge in [0.05, 0.1) is 30.1 Å². The van der Waals surface area contributed by atoms with Gasteiger partial charge < -0.3 is 14.4 Å². The van der Waals surface area contributed by atoms with E-state index in [9.17, 15) is 13.2 Å². The first-order chi connectivity index (χ1) is 14.9. The zero-order valence-electron chi connectivity index (χ0n) is 16.4. The molecule has 0 saturated carbocycles. The first kappa shape index (κ1) is 20.9. The number of aliphatic hydroxyl groups is 1. The Morgan fingerprint density at radius 1 is 1.06 bits per heavy atom. The van der Waals surface area contributed by atoms with E-state index in [1.807, 2.05) is 0 Å². The van der Waals surface area contributed by atoms with Gasteiger partial charge in [0.15, 0.2) is 0 Å². The normalized spacial score (nSPS) is 11.9. The Morgan fingerprint density at radius 3 is 2.55 bits per heavy atom. The average Bonchev–Trinajstić information content (AvgIpc) is 2.78. The van der Waals surface area contributed by atoms with Crippen LogP contribution >= 0.6 is 0 Å². The van der Waals surface area contributed by atoms with Crippen LogP contribution in [0, 0.1) is 5.41 Å². The van der Waals surface area contributed by atoms with Crippen LogP contribution in [0.5, 0.6) is 0 Å². The summed E-state index contributed by atoms with van der Waals surface area (Å²) in [5.41, 5.74) is -0.157. The Hall–Kier alpha value is -3.34. The molecule has 9 nitrogen and oxygen atoms in total. The summed E-state index contributed by atoms with van der Waals surface area (Å²) >= 11 is 0. The minimum Gasteiger partial charge on any atom is -0.394 e. The van der Waals surface area contributed by atoms with Crippen molar-refractivity contribution in [3.8, 4) is 0 Å². The van der Waals surface area contributed by atoms with Gasteiger partial charge in [0.1, 0.15) is 21.7 Å². The summed E-state index contributed by atoms with van der Waals surface area (Å²) in [6, 6.07) is 14.1. The molecule has 1 aromatic carbocycles. The van der Waals surface area contributed by atoms with Gasteiger partial charge in [0.25, 0.3) is 5.56 Å². The molecule has 4 aromatic rings. The minimum absolute atomic E-state index is 0.0276. The van der Waals surface area contributed by atoms with Gasteiger partial charge in [-0.2, -0.15) is 0 Å². The molecule has 0 aliphatic heterocycles. The molecule has 0 unspecified atom stereocenters. The molecule has 160 valence electrons. The van der Waals surface area contributed by atoms with Crippen molar-refractivity contribution in [2.45, 2.75) is 16.3 Å². The molecule has 0 atom stereocenters. The molecule has 0 amide bonds. The van der Waals surface area contributed by atoms with E-state index in [-0.39, 0.29) is 52.7 Å². The molecule has 3 heterocycles. The first-order valence-corrected chi connectivity index (χ1v) is 11.0. The van der Waals surface area contributed by atoms with E-state index >= 15 is 0 Å².